The van der Waals surface area contributed by atoms with Gasteiger partial charge in [0.05, 0.1) is 12.1 Å². The van der Waals surface area contributed by atoms with E-state index in [9.17, 15) is 20.1 Å². The van der Waals surface area contributed by atoms with Crippen LogP contribution in [0.2, 0.25) is 0 Å². The van der Waals surface area contributed by atoms with Gasteiger partial charge in [0, 0.05) is 22.7 Å². The number of rotatable bonds is 4. The minimum absolute atomic E-state index is 0.207. The maximum absolute atomic E-state index is 12.3. The maximum Gasteiger partial charge on any atom is 0.258 e. The number of nitrogens with one attached hydrogen (secondary N) is 1. The van der Waals surface area contributed by atoms with Gasteiger partial charge in [-0.1, -0.05) is 24.3 Å². The van der Waals surface area contributed by atoms with Crippen LogP contribution >= 0.6 is 0 Å². The number of hydrogen-bond acceptors (Lipinski definition) is 6. The molecule has 0 unspecified atom stereocenters. The molecule has 0 aliphatic carbocycles. The predicted octanol–water partition coefficient (Wildman–Crippen LogP) is 3.51. The van der Waals surface area contributed by atoms with Gasteiger partial charge in [0.1, 0.15) is 0 Å². The summed E-state index contributed by atoms with van der Waals surface area (Å²) >= 11 is 0. The Kier molecular flexibility index (Phi) is 4.85. The van der Waals surface area contributed by atoms with Gasteiger partial charge in [0.15, 0.2) is 11.5 Å². The molecule has 0 saturated heterocycles. The van der Waals surface area contributed by atoms with E-state index in [0.717, 1.165) is 11.1 Å². The molecule has 4 rings (SSSR count). The molecule has 0 aliphatic heterocycles. The number of aromatic nitrogens is 1. The molecule has 1 heterocycles. The number of phenols is 2. The second kappa shape index (κ2) is 7.63. The summed E-state index contributed by atoms with van der Waals surface area (Å²) in [5.41, 5.74) is 8.89. The normalized spacial score (nSPS) is 11.3. The summed E-state index contributed by atoms with van der Waals surface area (Å²) in [7, 11) is 0. The maximum atomic E-state index is 12.3. The number of hydrogen-bond donors (Lipinski definition) is 5. The fourth-order valence-electron chi connectivity index (χ4n) is 3.27. The van der Waals surface area contributed by atoms with Crippen molar-refractivity contribution in [2.75, 3.05) is 5.73 Å². The Labute approximate surface area is 171 Å². The highest BCUT2D eigenvalue weighted by Gasteiger charge is 2.11. The largest absolute Gasteiger partial charge is 0.504 e. The van der Waals surface area contributed by atoms with Crippen LogP contribution in [0.25, 0.3) is 21.9 Å². The smallest absolute Gasteiger partial charge is 0.258 e. The van der Waals surface area contributed by atoms with E-state index in [0.29, 0.717) is 27.6 Å². The molecule has 0 saturated carbocycles. The Morgan fingerprint density at radius 3 is 2.47 bits per heavy atom. The van der Waals surface area contributed by atoms with Crippen LogP contribution in [0, 0.1) is 0 Å². The number of fused-ring (bicyclic) bond motifs is 1. The fourth-order valence-corrected chi connectivity index (χ4v) is 3.27. The van der Waals surface area contributed by atoms with E-state index >= 15 is 0 Å². The molecule has 7 nitrogen and oxygen atoms in total. The minimum atomic E-state index is -0.401. The monoisotopic (exact) mass is 401 g/mol. The molecule has 0 fully saturated rings. The Bertz CT molecular complexity index is 1340. The quantitative estimate of drug-likeness (QED) is 0.203. The van der Waals surface area contributed by atoms with Gasteiger partial charge in [-0.15, -0.1) is 0 Å². The highest BCUT2D eigenvalue weighted by atomic mass is 16.3. The summed E-state index contributed by atoms with van der Waals surface area (Å²) in [6, 6.07) is 17.1. The molecule has 0 bridgehead atoms. The second-order valence-electron chi connectivity index (χ2n) is 6.90. The topological polar surface area (TPSA) is 132 Å². The Balaban J connectivity index is 1.76. The average molecular weight is 401 g/mol. The van der Waals surface area contributed by atoms with Gasteiger partial charge in [-0.25, -0.2) is 0 Å². The van der Waals surface area contributed by atoms with Gasteiger partial charge >= 0.3 is 0 Å². The Morgan fingerprint density at radius 2 is 1.70 bits per heavy atom. The first-order valence-electron chi connectivity index (χ1n) is 9.18. The number of benzene rings is 3. The number of pyridine rings is 1. The van der Waals surface area contributed by atoms with Gasteiger partial charge in [0.2, 0.25) is 5.88 Å². The summed E-state index contributed by atoms with van der Waals surface area (Å²) < 4.78 is 0. The lowest BCUT2D eigenvalue weighted by molar-refractivity contribution is 0.403. The molecule has 4 aromatic rings. The predicted molar refractivity (Wildman–Crippen MR) is 117 cm³/mol. The minimum Gasteiger partial charge on any atom is -0.504 e. The number of aromatic amines is 1. The summed E-state index contributed by atoms with van der Waals surface area (Å²) in [4.78, 5) is 19.0. The number of phenolic OH excluding ortho intramolecular Hbond substituents is 2. The third-order valence-corrected chi connectivity index (χ3v) is 4.80. The highest BCUT2D eigenvalue weighted by molar-refractivity contribution is 6.02. The summed E-state index contributed by atoms with van der Waals surface area (Å²) in [5, 5.41) is 30.3. The average Bonchev–Trinajstić information content (AvgIpc) is 2.72. The zero-order valence-corrected chi connectivity index (χ0v) is 15.8. The van der Waals surface area contributed by atoms with Gasteiger partial charge in [-0.2, -0.15) is 0 Å². The first kappa shape index (κ1) is 19.1. The first-order chi connectivity index (χ1) is 14.4. The fraction of sp³-hybridized carbons (Fsp3) is 0.0435. The lowest BCUT2D eigenvalue weighted by Crippen LogP contribution is -2.08. The molecule has 0 radical (unpaired) electrons. The van der Waals surface area contributed by atoms with Crippen molar-refractivity contribution in [3.05, 3.63) is 82.1 Å². The molecule has 0 amide bonds. The van der Waals surface area contributed by atoms with Gasteiger partial charge in [0.25, 0.3) is 5.56 Å². The van der Waals surface area contributed by atoms with Crippen molar-refractivity contribution in [3.8, 4) is 28.5 Å². The van der Waals surface area contributed by atoms with Crippen molar-refractivity contribution in [2.24, 2.45) is 4.99 Å². The molecule has 30 heavy (non-hydrogen) atoms. The van der Waals surface area contributed by atoms with Crippen molar-refractivity contribution in [1.29, 1.82) is 0 Å². The molecular formula is C23H19N3O4. The number of nitrogen functional groups attached to an aromatic ring is 1. The van der Waals surface area contributed by atoms with Crippen molar-refractivity contribution < 1.29 is 15.3 Å². The van der Waals surface area contributed by atoms with E-state index in [4.69, 9.17) is 5.73 Å². The molecule has 0 spiro atoms. The first-order valence-corrected chi connectivity index (χ1v) is 9.18. The molecule has 0 aliphatic rings. The number of aromatic hydroxyl groups is 3. The number of anilines is 1. The van der Waals surface area contributed by atoms with Crippen molar-refractivity contribution in [2.45, 2.75) is 6.54 Å². The Morgan fingerprint density at radius 1 is 0.900 bits per heavy atom. The summed E-state index contributed by atoms with van der Waals surface area (Å²) in [6.45, 7) is 0.211. The summed E-state index contributed by atoms with van der Waals surface area (Å²) in [6.07, 6.45) is 1.47. The van der Waals surface area contributed by atoms with E-state index in [-0.39, 0.29) is 23.9 Å². The van der Waals surface area contributed by atoms with Crippen LogP contribution in [-0.2, 0) is 6.54 Å². The SMILES string of the molecule is Nc1cccc(-c2ccc3c(=O)[nH]c(O)c(C=NCc4ccc(O)c(O)c4)c3c2)c1. The van der Waals surface area contributed by atoms with Gasteiger partial charge < -0.3 is 21.1 Å². The van der Waals surface area contributed by atoms with Crippen molar-refractivity contribution >= 4 is 22.7 Å². The van der Waals surface area contributed by atoms with E-state index < -0.39 is 5.56 Å². The molecule has 1 aromatic heterocycles. The number of H-pyrrole nitrogens is 1. The van der Waals surface area contributed by atoms with E-state index in [1.54, 1.807) is 18.2 Å². The van der Waals surface area contributed by atoms with Crippen LogP contribution in [-0.4, -0.2) is 26.5 Å². The zero-order chi connectivity index (χ0) is 21.3. The van der Waals surface area contributed by atoms with Crippen LogP contribution in [0.15, 0.2) is 70.5 Å². The molecular weight excluding hydrogens is 382 g/mol. The molecule has 3 aromatic carbocycles. The molecule has 0 atom stereocenters. The van der Waals surface area contributed by atoms with E-state index in [1.807, 2.05) is 30.3 Å². The molecule has 150 valence electrons. The lowest BCUT2D eigenvalue weighted by Gasteiger charge is -2.08. The van der Waals surface area contributed by atoms with Crippen LogP contribution < -0.4 is 11.3 Å². The lowest BCUT2D eigenvalue weighted by atomic mass is 9.99. The molecule has 7 heteroatoms. The number of nitrogens with zero attached hydrogens (tertiary/aromatic N) is 1. The van der Waals surface area contributed by atoms with Crippen molar-refractivity contribution in [1.82, 2.24) is 4.98 Å². The van der Waals surface area contributed by atoms with Gasteiger partial charge in [-0.05, 0) is 53.1 Å². The van der Waals surface area contributed by atoms with E-state index in [1.165, 1.54) is 18.3 Å². The van der Waals surface area contributed by atoms with Crippen LogP contribution in [0.4, 0.5) is 5.69 Å². The number of nitrogens with two attached hydrogens (primary N) is 1. The van der Waals surface area contributed by atoms with Crippen molar-refractivity contribution in [3.63, 3.8) is 0 Å². The standard InChI is InChI=1S/C23H19N3O4/c24-16-3-1-2-14(9-16)15-5-6-17-18(10-15)19(23(30)26-22(17)29)12-25-11-13-4-7-20(27)21(28)8-13/h1-10,12,27-28H,11,24H2,(H2,26,29,30). The van der Waals surface area contributed by atoms with Crippen LogP contribution in [0.1, 0.15) is 11.1 Å². The second-order valence-corrected chi connectivity index (χ2v) is 6.90. The zero-order valence-electron chi connectivity index (χ0n) is 15.8. The molecule has 6 N–H and O–H groups in total. The van der Waals surface area contributed by atoms with Crippen LogP contribution in [0.3, 0.4) is 0 Å². The third-order valence-electron chi connectivity index (χ3n) is 4.80. The Hall–Kier alpha value is -4.26. The van der Waals surface area contributed by atoms with E-state index in [2.05, 4.69) is 9.98 Å². The van der Waals surface area contributed by atoms with Gasteiger partial charge in [-0.3, -0.25) is 14.8 Å². The number of aliphatic imine (C=N–C) groups is 1. The van der Waals surface area contributed by atoms with Crippen LogP contribution in [0.5, 0.6) is 17.4 Å². The third kappa shape index (κ3) is 3.68. The summed E-state index contributed by atoms with van der Waals surface area (Å²) in [5.74, 6) is -0.720. The highest BCUT2D eigenvalue weighted by Crippen LogP contribution is 2.29.